The Morgan fingerprint density at radius 1 is 1.53 bits per heavy atom. The quantitative estimate of drug-likeness (QED) is 0.735. The first-order valence-corrected chi connectivity index (χ1v) is 6.16. The molecule has 96 valence electrons. The summed E-state index contributed by atoms with van der Waals surface area (Å²) in [5.41, 5.74) is 0.307. The monoisotopic (exact) mass is 306 g/mol. The summed E-state index contributed by atoms with van der Waals surface area (Å²) in [4.78, 5) is 11.7. The van der Waals surface area contributed by atoms with Crippen molar-refractivity contribution in [3.63, 3.8) is 0 Å². The number of carbonyl (C=O) groups excluding carboxylic acids is 1. The van der Waals surface area contributed by atoms with E-state index in [1.807, 2.05) is 0 Å². The Bertz CT molecular complexity index is 376. The zero-order chi connectivity index (χ0) is 12.8. The SMILES string of the molecule is COC(=O)C1=C(Br)[C@@H](O)C[C@@H]2OC(C)(C)O[C@H]12. The van der Waals surface area contributed by atoms with Crippen LogP contribution in [0.15, 0.2) is 10.1 Å². The van der Waals surface area contributed by atoms with Crippen molar-refractivity contribution in [3.8, 4) is 0 Å². The fraction of sp³-hybridized carbons (Fsp3) is 0.727. The van der Waals surface area contributed by atoms with E-state index in [2.05, 4.69) is 15.9 Å². The van der Waals surface area contributed by atoms with Gasteiger partial charge in [-0.3, -0.25) is 0 Å². The van der Waals surface area contributed by atoms with Crippen LogP contribution in [0.1, 0.15) is 20.3 Å². The van der Waals surface area contributed by atoms with Crippen LogP contribution in [-0.2, 0) is 19.0 Å². The molecular formula is C11H15BrO5. The van der Waals surface area contributed by atoms with E-state index >= 15 is 0 Å². The topological polar surface area (TPSA) is 65.0 Å². The predicted octanol–water partition coefficient (Wildman–Crippen LogP) is 1.09. The average molecular weight is 307 g/mol. The molecule has 0 saturated carbocycles. The second-order valence-corrected chi connectivity index (χ2v) is 5.45. The first kappa shape index (κ1) is 13.0. The van der Waals surface area contributed by atoms with E-state index in [1.54, 1.807) is 13.8 Å². The summed E-state index contributed by atoms with van der Waals surface area (Å²) in [5, 5.41) is 9.86. The molecule has 1 saturated heterocycles. The number of halogens is 1. The molecule has 2 rings (SSSR count). The van der Waals surface area contributed by atoms with Crippen molar-refractivity contribution in [2.45, 2.75) is 44.4 Å². The van der Waals surface area contributed by atoms with Gasteiger partial charge < -0.3 is 19.3 Å². The maximum atomic E-state index is 11.7. The van der Waals surface area contributed by atoms with E-state index in [9.17, 15) is 9.90 Å². The molecule has 0 bridgehead atoms. The van der Waals surface area contributed by atoms with Crippen molar-refractivity contribution in [3.05, 3.63) is 10.1 Å². The summed E-state index contributed by atoms with van der Waals surface area (Å²) in [6.07, 6.45) is -1.18. The van der Waals surface area contributed by atoms with Gasteiger partial charge in [0.2, 0.25) is 0 Å². The lowest BCUT2D eigenvalue weighted by atomic mass is 9.92. The van der Waals surface area contributed by atoms with Crippen molar-refractivity contribution in [2.24, 2.45) is 0 Å². The number of esters is 1. The summed E-state index contributed by atoms with van der Waals surface area (Å²) < 4.78 is 16.5. The van der Waals surface area contributed by atoms with Crippen molar-refractivity contribution in [1.82, 2.24) is 0 Å². The second kappa shape index (κ2) is 4.35. The number of rotatable bonds is 1. The first-order valence-electron chi connectivity index (χ1n) is 5.37. The second-order valence-electron chi connectivity index (χ2n) is 4.60. The summed E-state index contributed by atoms with van der Waals surface area (Å²) in [6, 6.07) is 0. The van der Waals surface area contributed by atoms with Gasteiger partial charge in [-0.15, -0.1) is 0 Å². The van der Waals surface area contributed by atoms with Gasteiger partial charge in [0, 0.05) is 10.9 Å². The van der Waals surface area contributed by atoms with Gasteiger partial charge in [0.05, 0.1) is 24.9 Å². The number of carbonyl (C=O) groups is 1. The third-order valence-corrected chi connectivity index (χ3v) is 3.83. The molecule has 0 radical (unpaired) electrons. The fourth-order valence-electron chi connectivity index (χ4n) is 2.21. The molecule has 2 aliphatic rings. The predicted molar refractivity (Wildman–Crippen MR) is 62.4 cm³/mol. The van der Waals surface area contributed by atoms with E-state index in [0.717, 1.165) is 0 Å². The van der Waals surface area contributed by atoms with Crippen LogP contribution in [0, 0.1) is 0 Å². The molecule has 3 atom stereocenters. The average Bonchev–Trinajstić information content (AvgIpc) is 2.53. The number of hydrogen-bond acceptors (Lipinski definition) is 5. The molecule has 0 aromatic heterocycles. The number of methoxy groups -OCH3 is 1. The summed E-state index contributed by atoms with van der Waals surface area (Å²) in [6.45, 7) is 3.56. The Morgan fingerprint density at radius 3 is 2.76 bits per heavy atom. The summed E-state index contributed by atoms with van der Waals surface area (Å²) >= 11 is 3.23. The Kier molecular flexibility index (Phi) is 3.33. The van der Waals surface area contributed by atoms with Crippen LogP contribution in [0.3, 0.4) is 0 Å². The molecule has 6 heteroatoms. The molecule has 0 amide bonds. The Hall–Kier alpha value is -0.430. The minimum atomic E-state index is -0.761. The molecule has 0 unspecified atom stereocenters. The minimum Gasteiger partial charge on any atom is -0.466 e. The Labute approximate surface area is 108 Å². The lowest BCUT2D eigenvalue weighted by Gasteiger charge is -2.28. The molecule has 0 aromatic carbocycles. The highest BCUT2D eigenvalue weighted by Crippen LogP contribution is 2.41. The fourth-order valence-corrected chi connectivity index (χ4v) is 2.79. The van der Waals surface area contributed by atoms with Gasteiger partial charge in [-0.1, -0.05) is 15.9 Å². The van der Waals surface area contributed by atoms with Crippen molar-refractivity contribution < 1.29 is 24.1 Å². The highest BCUT2D eigenvalue weighted by Gasteiger charge is 2.49. The lowest BCUT2D eigenvalue weighted by Crippen LogP contribution is -2.38. The van der Waals surface area contributed by atoms with Crippen molar-refractivity contribution in [1.29, 1.82) is 0 Å². The Balaban J connectivity index is 2.37. The van der Waals surface area contributed by atoms with Crippen LogP contribution >= 0.6 is 15.9 Å². The third-order valence-electron chi connectivity index (χ3n) is 2.88. The van der Waals surface area contributed by atoms with E-state index < -0.39 is 24.0 Å². The van der Waals surface area contributed by atoms with Gasteiger partial charge in [-0.2, -0.15) is 0 Å². The van der Waals surface area contributed by atoms with Crippen LogP contribution in [-0.4, -0.2) is 42.3 Å². The number of fused-ring (bicyclic) bond motifs is 1. The van der Waals surface area contributed by atoms with Crippen LogP contribution in [0.4, 0.5) is 0 Å². The molecule has 1 N–H and O–H groups in total. The smallest absolute Gasteiger partial charge is 0.337 e. The van der Waals surface area contributed by atoms with Crippen LogP contribution in [0.25, 0.3) is 0 Å². The van der Waals surface area contributed by atoms with Gasteiger partial charge in [0.1, 0.15) is 6.10 Å². The molecule has 5 nitrogen and oxygen atoms in total. The van der Waals surface area contributed by atoms with E-state index in [0.29, 0.717) is 16.5 Å². The highest BCUT2D eigenvalue weighted by atomic mass is 79.9. The molecule has 1 aliphatic carbocycles. The van der Waals surface area contributed by atoms with Gasteiger partial charge in [0.15, 0.2) is 5.79 Å². The van der Waals surface area contributed by atoms with Crippen molar-refractivity contribution >= 4 is 21.9 Å². The van der Waals surface area contributed by atoms with E-state index in [1.165, 1.54) is 7.11 Å². The third kappa shape index (κ3) is 2.27. The number of hydrogen-bond donors (Lipinski definition) is 1. The first-order chi connectivity index (χ1) is 7.85. The van der Waals surface area contributed by atoms with Gasteiger partial charge in [0.25, 0.3) is 0 Å². The van der Waals surface area contributed by atoms with Crippen LogP contribution < -0.4 is 0 Å². The van der Waals surface area contributed by atoms with Crippen LogP contribution in [0.5, 0.6) is 0 Å². The number of aliphatic hydroxyl groups is 1. The molecular weight excluding hydrogens is 292 g/mol. The Morgan fingerprint density at radius 2 is 2.18 bits per heavy atom. The molecule has 17 heavy (non-hydrogen) atoms. The molecule has 0 spiro atoms. The lowest BCUT2D eigenvalue weighted by molar-refractivity contribution is -0.147. The largest absolute Gasteiger partial charge is 0.466 e. The highest BCUT2D eigenvalue weighted by molar-refractivity contribution is 9.11. The minimum absolute atomic E-state index is 0.307. The van der Waals surface area contributed by atoms with Gasteiger partial charge in [-0.05, 0) is 13.8 Å². The normalized spacial score (nSPS) is 35.7. The zero-order valence-corrected chi connectivity index (χ0v) is 11.5. The molecule has 0 aromatic rings. The van der Waals surface area contributed by atoms with Crippen molar-refractivity contribution in [2.75, 3.05) is 7.11 Å². The number of ether oxygens (including phenoxy) is 3. The maximum absolute atomic E-state index is 11.7. The van der Waals surface area contributed by atoms with Crippen LogP contribution in [0.2, 0.25) is 0 Å². The van der Waals surface area contributed by atoms with Gasteiger partial charge in [-0.25, -0.2) is 4.79 Å². The zero-order valence-electron chi connectivity index (χ0n) is 9.90. The maximum Gasteiger partial charge on any atom is 0.337 e. The molecule has 1 heterocycles. The van der Waals surface area contributed by atoms with E-state index in [4.69, 9.17) is 14.2 Å². The number of aliphatic hydroxyl groups excluding tert-OH is 1. The molecule has 1 aliphatic heterocycles. The van der Waals surface area contributed by atoms with E-state index in [-0.39, 0.29) is 6.10 Å². The summed E-state index contributed by atoms with van der Waals surface area (Å²) in [5.74, 6) is -1.27. The summed E-state index contributed by atoms with van der Waals surface area (Å²) in [7, 11) is 1.30. The van der Waals surface area contributed by atoms with Gasteiger partial charge >= 0.3 is 5.97 Å². The molecule has 1 fully saturated rings. The standard InChI is InChI=1S/C11H15BrO5/c1-11(2)16-6-4-5(13)8(12)7(9(6)17-11)10(14)15-3/h5-6,9,13H,4H2,1-3H3/t5-,6-,9-/m0/s1.